The summed E-state index contributed by atoms with van der Waals surface area (Å²) in [5, 5.41) is 0. The Labute approximate surface area is 57.2 Å². The summed E-state index contributed by atoms with van der Waals surface area (Å²) in [5.74, 6) is 0.906. The van der Waals surface area contributed by atoms with Gasteiger partial charge in [-0.3, -0.25) is 0 Å². The number of aromatic nitrogens is 3. The van der Waals surface area contributed by atoms with Crippen molar-refractivity contribution in [2.45, 2.75) is 6.92 Å². The van der Waals surface area contributed by atoms with E-state index in [-0.39, 0.29) is 0 Å². The summed E-state index contributed by atoms with van der Waals surface area (Å²) in [4.78, 5) is 10.2. The minimum atomic E-state index is 0.313. The van der Waals surface area contributed by atoms with E-state index in [9.17, 15) is 0 Å². The maximum Gasteiger partial charge on any atom is 0.201 e. The number of aromatic amines is 1. The molecule has 0 aliphatic carbocycles. The van der Waals surface area contributed by atoms with Crippen molar-refractivity contribution in [2.24, 2.45) is 0 Å². The lowest BCUT2D eigenvalue weighted by Crippen LogP contribution is -1.98. The highest BCUT2D eigenvalue weighted by atomic mass is 32.1. The molecule has 0 spiro atoms. The average Bonchev–Trinajstić information content (AvgIpc) is 1.59. The van der Waals surface area contributed by atoms with Crippen LogP contribution >= 0.6 is 12.2 Å². The second-order valence-corrected chi connectivity index (χ2v) is 1.97. The molecule has 0 aliphatic rings. The SMILES string of the molecule is Cc1nc(N)[nH]c(=S)n1. The minimum Gasteiger partial charge on any atom is -0.369 e. The molecule has 1 heterocycles. The highest BCUT2D eigenvalue weighted by Gasteiger charge is 1.87. The van der Waals surface area contributed by atoms with Gasteiger partial charge in [-0.15, -0.1) is 0 Å². The first kappa shape index (κ1) is 6.15. The molecule has 1 aromatic heterocycles. The number of nitrogens with zero attached hydrogens (tertiary/aromatic N) is 2. The molecular formula is C4H6N4S. The van der Waals surface area contributed by atoms with Crippen molar-refractivity contribution >= 4 is 18.2 Å². The molecule has 0 bridgehead atoms. The smallest absolute Gasteiger partial charge is 0.201 e. The molecule has 1 aromatic rings. The van der Waals surface area contributed by atoms with Crippen LogP contribution in [0.3, 0.4) is 0 Å². The van der Waals surface area contributed by atoms with Gasteiger partial charge in [0.25, 0.3) is 0 Å². The first-order valence-electron chi connectivity index (χ1n) is 2.39. The normalized spacial score (nSPS) is 9.44. The van der Waals surface area contributed by atoms with Gasteiger partial charge >= 0.3 is 0 Å². The fourth-order valence-corrected chi connectivity index (χ4v) is 0.748. The van der Waals surface area contributed by atoms with E-state index in [2.05, 4.69) is 15.0 Å². The lowest BCUT2D eigenvalue weighted by atomic mass is 10.7. The largest absolute Gasteiger partial charge is 0.369 e. The van der Waals surface area contributed by atoms with E-state index in [0.717, 1.165) is 0 Å². The fourth-order valence-electron chi connectivity index (χ4n) is 0.512. The van der Waals surface area contributed by atoms with Crippen molar-refractivity contribution in [3.05, 3.63) is 10.6 Å². The molecule has 0 aromatic carbocycles. The summed E-state index contributed by atoms with van der Waals surface area (Å²) in [6, 6.07) is 0. The Kier molecular flexibility index (Phi) is 1.44. The first-order chi connectivity index (χ1) is 4.18. The summed E-state index contributed by atoms with van der Waals surface area (Å²) in [7, 11) is 0. The number of aryl methyl sites for hydroxylation is 1. The van der Waals surface area contributed by atoms with Gasteiger partial charge in [-0.2, -0.15) is 4.98 Å². The third-order valence-corrected chi connectivity index (χ3v) is 0.974. The lowest BCUT2D eigenvalue weighted by molar-refractivity contribution is 0.970. The third-order valence-electron chi connectivity index (χ3n) is 0.781. The van der Waals surface area contributed by atoms with Crippen molar-refractivity contribution < 1.29 is 0 Å². The van der Waals surface area contributed by atoms with Crippen LogP contribution in [0.5, 0.6) is 0 Å². The summed E-state index contributed by atoms with van der Waals surface area (Å²) >= 11 is 4.70. The molecule has 5 heteroatoms. The molecule has 3 N–H and O–H groups in total. The summed E-state index contributed by atoms with van der Waals surface area (Å²) < 4.78 is 0.375. The van der Waals surface area contributed by atoms with E-state index < -0.39 is 0 Å². The van der Waals surface area contributed by atoms with Crippen molar-refractivity contribution in [1.29, 1.82) is 0 Å². The van der Waals surface area contributed by atoms with Gasteiger partial charge in [-0.1, -0.05) is 0 Å². The van der Waals surface area contributed by atoms with Crippen LogP contribution in [-0.4, -0.2) is 15.0 Å². The number of nitrogens with one attached hydrogen (secondary N) is 1. The Bertz CT molecular complexity index is 242. The maximum absolute atomic E-state index is 5.29. The zero-order chi connectivity index (χ0) is 6.85. The monoisotopic (exact) mass is 142 g/mol. The predicted molar refractivity (Wildman–Crippen MR) is 36.4 cm³/mol. The molecule has 1 rings (SSSR count). The van der Waals surface area contributed by atoms with Gasteiger partial charge in [0.05, 0.1) is 0 Å². The molecule has 0 unspecified atom stereocenters. The molecule has 0 atom stereocenters. The van der Waals surface area contributed by atoms with Gasteiger partial charge < -0.3 is 10.7 Å². The second kappa shape index (κ2) is 2.10. The van der Waals surface area contributed by atoms with Crippen LogP contribution in [0.15, 0.2) is 0 Å². The molecular weight excluding hydrogens is 136 g/mol. The van der Waals surface area contributed by atoms with Crippen LogP contribution in [0.2, 0.25) is 0 Å². The van der Waals surface area contributed by atoms with E-state index >= 15 is 0 Å². The van der Waals surface area contributed by atoms with Crippen molar-refractivity contribution in [2.75, 3.05) is 5.73 Å². The number of nitrogens with two attached hydrogens (primary N) is 1. The zero-order valence-electron chi connectivity index (χ0n) is 4.88. The minimum absolute atomic E-state index is 0.313. The fraction of sp³-hybridized carbons (Fsp3) is 0.250. The van der Waals surface area contributed by atoms with E-state index in [1.807, 2.05) is 0 Å². The molecule has 0 aliphatic heterocycles. The molecule has 0 radical (unpaired) electrons. The Balaban J connectivity index is 3.33. The average molecular weight is 142 g/mol. The van der Waals surface area contributed by atoms with Gasteiger partial charge in [0.2, 0.25) is 10.7 Å². The molecule has 0 saturated carbocycles. The number of hydrogen-bond acceptors (Lipinski definition) is 4. The van der Waals surface area contributed by atoms with E-state index in [0.29, 0.717) is 16.5 Å². The van der Waals surface area contributed by atoms with Gasteiger partial charge in [0.15, 0.2) is 0 Å². The van der Waals surface area contributed by atoms with E-state index in [1.165, 1.54) is 0 Å². The Morgan fingerprint density at radius 1 is 1.56 bits per heavy atom. The predicted octanol–water partition coefficient (Wildman–Crippen LogP) is 0.425. The molecule has 0 saturated heterocycles. The van der Waals surface area contributed by atoms with Crippen molar-refractivity contribution in [3.8, 4) is 0 Å². The first-order valence-corrected chi connectivity index (χ1v) is 2.80. The standard InChI is InChI=1S/C4H6N4S/c1-2-6-3(5)8-4(9)7-2/h1H3,(H3,5,6,7,8,9). The number of rotatable bonds is 0. The molecule has 0 fully saturated rings. The maximum atomic E-state index is 5.29. The van der Waals surface area contributed by atoms with Crippen LogP contribution in [-0.2, 0) is 0 Å². The molecule has 48 valence electrons. The summed E-state index contributed by atoms with van der Waals surface area (Å²) in [6.45, 7) is 1.74. The van der Waals surface area contributed by atoms with Gasteiger partial charge in [-0.05, 0) is 19.1 Å². The Morgan fingerprint density at radius 3 is 2.67 bits per heavy atom. The topological polar surface area (TPSA) is 67.6 Å². The number of anilines is 1. The zero-order valence-corrected chi connectivity index (χ0v) is 5.70. The highest BCUT2D eigenvalue weighted by molar-refractivity contribution is 7.71. The third kappa shape index (κ3) is 1.46. The quantitative estimate of drug-likeness (QED) is 0.515. The molecule has 9 heavy (non-hydrogen) atoms. The Morgan fingerprint density at radius 2 is 2.22 bits per heavy atom. The van der Waals surface area contributed by atoms with Crippen LogP contribution in [0.1, 0.15) is 5.82 Å². The highest BCUT2D eigenvalue weighted by Crippen LogP contribution is 1.89. The summed E-state index contributed by atoms with van der Waals surface area (Å²) in [5.41, 5.74) is 5.29. The van der Waals surface area contributed by atoms with Crippen LogP contribution in [0.25, 0.3) is 0 Å². The molecule has 4 nitrogen and oxygen atoms in total. The van der Waals surface area contributed by atoms with Crippen molar-refractivity contribution in [1.82, 2.24) is 15.0 Å². The number of nitrogen functional groups attached to an aromatic ring is 1. The van der Waals surface area contributed by atoms with Crippen molar-refractivity contribution in [3.63, 3.8) is 0 Å². The van der Waals surface area contributed by atoms with Gasteiger partial charge in [0.1, 0.15) is 5.82 Å². The van der Waals surface area contributed by atoms with Crippen LogP contribution in [0, 0.1) is 11.7 Å². The molecule has 0 amide bonds. The van der Waals surface area contributed by atoms with Crippen LogP contribution < -0.4 is 5.73 Å². The van der Waals surface area contributed by atoms with Crippen LogP contribution in [0.4, 0.5) is 5.95 Å². The Hall–Kier alpha value is -0.970. The summed E-state index contributed by atoms with van der Waals surface area (Å²) in [6.07, 6.45) is 0. The van der Waals surface area contributed by atoms with Gasteiger partial charge in [-0.25, -0.2) is 4.98 Å². The number of hydrogen-bond donors (Lipinski definition) is 2. The van der Waals surface area contributed by atoms with E-state index in [4.69, 9.17) is 18.0 Å². The van der Waals surface area contributed by atoms with E-state index in [1.54, 1.807) is 6.92 Å². The lowest BCUT2D eigenvalue weighted by Gasteiger charge is -1.91. The van der Waals surface area contributed by atoms with Gasteiger partial charge in [0, 0.05) is 0 Å². The number of H-pyrrole nitrogens is 1. The second-order valence-electron chi connectivity index (χ2n) is 1.59.